The lowest BCUT2D eigenvalue weighted by Gasteiger charge is -2.40. The number of ether oxygens (including phenoxy) is 2. The third-order valence-electron chi connectivity index (χ3n) is 5.59. The van der Waals surface area contributed by atoms with Crippen molar-refractivity contribution in [3.63, 3.8) is 0 Å². The van der Waals surface area contributed by atoms with Crippen LogP contribution >= 0.6 is 0 Å². The summed E-state index contributed by atoms with van der Waals surface area (Å²) in [6, 6.07) is 1.98. The summed E-state index contributed by atoms with van der Waals surface area (Å²) in [5, 5.41) is 2.92. The van der Waals surface area contributed by atoms with Crippen LogP contribution in [0.1, 0.15) is 26.7 Å². The maximum absolute atomic E-state index is 12.2. The number of anilines is 2. The molecule has 0 bridgehead atoms. The number of hydrogen-bond acceptors (Lipinski definition) is 9. The van der Waals surface area contributed by atoms with Crippen molar-refractivity contribution >= 4 is 17.9 Å². The average Bonchev–Trinajstić information content (AvgIpc) is 2.76. The SMILES string of the molecule is CC(C)NC(=O)N(C)C1CC(Oc2cc(-c3cnc(N)nc3)nc(N3CCOCC3)n2)C1. The van der Waals surface area contributed by atoms with E-state index in [0.717, 1.165) is 18.4 Å². The second kappa shape index (κ2) is 9.51. The molecule has 1 saturated carbocycles. The zero-order valence-corrected chi connectivity index (χ0v) is 18.7. The molecule has 11 heteroatoms. The number of rotatable bonds is 6. The number of morpholine rings is 1. The molecule has 4 rings (SSSR count). The van der Waals surface area contributed by atoms with Crippen LogP contribution in [-0.4, -0.2) is 82.4 Å². The minimum absolute atomic E-state index is 0.0164. The Kier molecular flexibility index (Phi) is 6.54. The molecular formula is C21H30N8O3. The van der Waals surface area contributed by atoms with Gasteiger partial charge in [0.15, 0.2) is 0 Å². The van der Waals surface area contributed by atoms with Gasteiger partial charge in [-0.05, 0) is 13.8 Å². The zero-order chi connectivity index (χ0) is 22.7. The molecule has 3 N–H and O–H groups in total. The molecule has 3 heterocycles. The number of nitrogens with two attached hydrogens (primary N) is 1. The van der Waals surface area contributed by atoms with E-state index in [1.807, 2.05) is 20.9 Å². The lowest BCUT2D eigenvalue weighted by Crippen LogP contribution is -2.53. The maximum Gasteiger partial charge on any atom is 0.317 e. The molecule has 2 aliphatic rings. The van der Waals surface area contributed by atoms with Gasteiger partial charge in [0.05, 0.1) is 18.9 Å². The maximum atomic E-state index is 12.2. The summed E-state index contributed by atoms with van der Waals surface area (Å²) in [5.74, 6) is 1.28. The highest BCUT2D eigenvalue weighted by molar-refractivity contribution is 5.74. The average molecular weight is 443 g/mol. The van der Waals surface area contributed by atoms with E-state index in [1.54, 1.807) is 23.4 Å². The standard InChI is InChI=1S/C21H30N8O3/c1-13(2)25-21(30)28(3)15-8-16(9-15)32-18-10-17(14-11-23-19(22)24-12-14)26-20(27-18)29-4-6-31-7-5-29/h10-13,15-16H,4-9H2,1-3H3,(H,25,30)(H2,22,23,24). The first-order valence-electron chi connectivity index (χ1n) is 10.9. The predicted molar refractivity (Wildman–Crippen MR) is 119 cm³/mol. The van der Waals surface area contributed by atoms with Crippen molar-refractivity contribution in [2.75, 3.05) is 44.0 Å². The predicted octanol–water partition coefficient (Wildman–Crippen LogP) is 1.31. The Morgan fingerprint density at radius 1 is 1.25 bits per heavy atom. The summed E-state index contributed by atoms with van der Waals surface area (Å²) in [5.41, 5.74) is 7.03. The van der Waals surface area contributed by atoms with E-state index in [0.29, 0.717) is 43.8 Å². The van der Waals surface area contributed by atoms with Crippen LogP contribution in [-0.2, 0) is 4.74 Å². The van der Waals surface area contributed by atoms with E-state index in [1.165, 1.54) is 0 Å². The topological polar surface area (TPSA) is 132 Å². The van der Waals surface area contributed by atoms with Crippen LogP contribution in [0.25, 0.3) is 11.3 Å². The van der Waals surface area contributed by atoms with E-state index in [9.17, 15) is 4.79 Å². The Hall–Kier alpha value is -3.21. The largest absolute Gasteiger partial charge is 0.474 e. The Bertz CT molecular complexity index is 927. The molecule has 1 saturated heterocycles. The van der Waals surface area contributed by atoms with Crippen molar-refractivity contribution < 1.29 is 14.3 Å². The van der Waals surface area contributed by atoms with Crippen LogP contribution in [0, 0.1) is 0 Å². The fourth-order valence-electron chi connectivity index (χ4n) is 3.63. The molecule has 2 fully saturated rings. The van der Waals surface area contributed by atoms with Gasteiger partial charge in [-0.3, -0.25) is 0 Å². The molecule has 172 valence electrons. The minimum atomic E-state index is -0.0641. The monoisotopic (exact) mass is 442 g/mol. The van der Waals surface area contributed by atoms with E-state index < -0.39 is 0 Å². The van der Waals surface area contributed by atoms with Crippen LogP contribution in [0.5, 0.6) is 5.88 Å². The third kappa shape index (κ3) is 5.16. The Balaban J connectivity index is 1.47. The highest BCUT2D eigenvalue weighted by Gasteiger charge is 2.36. The van der Waals surface area contributed by atoms with Crippen LogP contribution < -0.4 is 20.7 Å². The summed E-state index contributed by atoms with van der Waals surface area (Å²) in [6.07, 6.45) is 4.76. The Labute approximate surface area is 187 Å². The molecule has 0 atom stereocenters. The van der Waals surface area contributed by atoms with E-state index in [2.05, 4.69) is 25.2 Å². The van der Waals surface area contributed by atoms with E-state index in [4.69, 9.17) is 20.2 Å². The molecule has 0 radical (unpaired) electrons. The zero-order valence-electron chi connectivity index (χ0n) is 18.7. The molecule has 0 spiro atoms. The fourth-order valence-corrected chi connectivity index (χ4v) is 3.63. The third-order valence-corrected chi connectivity index (χ3v) is 5.59. The molecule has 32 heavy (non-hydrogen) atoms. The molecule has 0 unspecified atom stereocenters. The van der Waals surface area contributed by atoms with Gasteiger partial charge in [-0.25, -0.2) is 19.7 Å². The number of nitrogen functional groups attached to an aromatic ring is 1. The second-order valence-electron chi connectivity index (χ2n) is 8.40. The number of hydrogen-bond donors (Lipinski definition) is 2. The second-order valence-corrected chi connectivity index (χ2v) is 8.40. The lowest BCUT2D eigenvalue weighted by atomic mass is 9.88. The van der Waals surface area contributed by atoms with Crippen molar-refractivity contribution in [1.29, 1.82) is 0 Å². The molecule has 1 aliphatic heterocycles. The first kappa shape index (κ1) is 22.0. The molecule has 1 aliphatic carbocycles. The van der Waals surface area contributed by atoms with Gasteiger partial charge >= 0.3 is 6.03 Å². The van der Waals surface area contributed by atoms with Gasteiger partial charge in [0.1, 0.15) is 6.10 Å². The summed E-state index contributed by atoms with van der Waals surface area (Å²) < 4.78 is 11.6. The van der Waals surface area contributed by atoms with Crippen LogP contribution in [0.3, 0.4) is 0 Å². The van der Waals surface area contributed by atoms with Gasteiger partial charge < -0.3 is 30.3 Å². The van der Waals surface area contributed by atoms with Gasteiger partial charge in [-0.1, -0.05) is 0 Å². The molecule has 2 aromatic rings. The van der Waals surface area contributed by atoms with Crippen molar-refractivity contribution in [2.24, 2.45) is 0 Å². The molecule has 2 aromatic heterocycles. The fraction of sp³-hybridized carbons (Fsp3) is 0.571. The number of amides is 2. The highest BCUT2D eigenvalue weighted by Crippen LogP contribution is 2.31. The first-order chi connectivity index (χ1) is 15.4. The molecule has 2 amide bonds. The van der Waals surface area contributed by atoms with Gasteiger partial charge in [0.2, 0.25) is 17.8 Å². The quantitative estimate of drug-likeness (QED) is 0.679. The van der Waals surface area contributed by atoms with Crippen molar-refractivity contribution in [3.05, 3.63) is 18.5 Å². The number of carbonyl (C=O) groups is 1. The lowest BCUT2D eigenvalue weighted by molar-refractivity contribution is 0.0402. The Morgan fingerprint density at radius 3 is 2.59 bits per heavy atom. The normalized spacial score (nSPS) is 20.6. The number of carbonyl (C=O) groups excluding carboxylic acids is 1. The smallest absolute Gasteiger partial charge is 0.317 e. The minimum Gasteiger partial charge on any atom is -0.474 e. The van der Waals surface area contributed by atoms with Crippen LogP contribution in [0.15, 0.2) is 18.5 Å². The summed E-state index contributed by atoms with van der Waals surface area (Å²) in [4.78, 5) is 33.5. The summed E-state index contributed by atoms with van der Waals surface area (Å²) >= 11 is 0. The van der Waals surface area contributed by atoms with E-state index in [-0.39, 0.29) is 30.2 Å². The molecule has 0 aromatic carbocycles. The molecular weight excluding hydrogens is 412 g/mol. The van der Waals surface area contributed by atoms with Crippen molar-refractivity contribution in [1.82, 2.24) is 30.2 Å². The number of nitrogens with zero attached hydrogens (tertiary/aromatic N) is 6. The highest BCUT2D eigenvalue weighted by atomic mass is 16.5. The Morgan fingerprint density at radius 2 is 1.94 bits per heavy atom. The van der Waals surface area contributed by atoms with Gasteiger partial charge in [-0.2, -0.15) is 4.98 Å². The number of urea groups is 1. The van der Waals surface area contributed by atoms with E-state index >= 15 is 0 Å². The summed E-state index contributed by atoms with van der Waals surface area (Å²) in [6.45, 7) is 6.57. The van der Waals surface area contributed by atoms with Gasteiger partial charge in [-0.15, -0.1) is 0 Å². The number of aromatic nitrogens is 4. The van der Waals surface area contributed by atoms with Gasteiger partial charge in [0.25, 0.3) is 0 Å². The molecule has 11 nitrogen and oxygen atoms in total. The van der Waals surface area contributed by atoms with Gasteiger partial charge in [0, 0.05) is 69.1 Å². The summed E-state index contributed by atoms with van der Waals surface area (Å²) in [7, 11) is 1.82. The number of nitrogens with one attached hydrogen (secondary N) is 1. The van der Waals surface area contributed by atoms with Crippen molar-refractivity contribution in [3.8, 4) is 17.1 Å². The van der Waals surface area contributed by atoms with Crippen LogP contribution in [0.2, 0.25) is 0 Å². The van der Waals surface area contributed by atoms with Crippen LogP contribution in [0.4, 0.5) is 16.7 Å². The first-order valence-corrected chi connectivity index (χ1v) is 10.9. The van der Waals surface area contributed by atoms with Crippen molar-refractivity contribution in [2.45, 2.75) is 44.9 Å².